The molecule has 0 saturated heterocycles. The number of hydrogen-bond donors (Lipinski definition) is 0. The van der Waals surface area contributed by atoms with Gasteiger partial charge in [-0.05, 0) is 29.8 Å². The van der Waals surface area contributed by atoms with E-state index in [-0.39, 0.29) is 35.2 Å². The molecule has 2 aromatic rings. The SMILES string of the molecule is COc1cc(COC(=O)c2ccc(OC)c(OC)c2OC)ccc1OC(F)F. The van der Waals surface area contributed by atoms with Crippen LogP contribution in [-0.2, 0) is 11.3 Å². The molecule has 0 N–H and O–H groups in total. The van der Waals surface area contributed by atoms with E-state index in [4.69, 9.17) is 23.7 Å². The molecule has 9 heteroatoms. The number of ether oxygens (including phenoxy) is 6. The van der Waals surface area contributed by atoms with Gasteiger partial charge in [0.05, 0.1) is 28.4 Å². The summed E-state index contributed by atoms with van der Waals surface area (Å²) in [6.07, 6.45) is 0. The summed E-state index contributed by atoms with van der Waals surface area (Å²) in [5.41, 5.74) is 0.663. The van der Waals surface area contributed by atoms with E-state index in [2.05, 4.69) is 4.74 Å². The molecule has 0 aliphatic carbocycles. The van der Waals surface area contributed by atoms with Gasteiger partial charge >= 0.3 is 12.6 Å². The minimum atomic E-state index is -2.98. The first-order chi connectivity index (χ1) is 13.4. The number of carbonyl (C=O) groups excluding carboxylic acids is 1. The lowest BCUT2D eigenvalue weighted by Crippen LogP contribution is -2.09. The lowest BCUT2D eigenvalue weighted by atomic mass is 10.1. The Balaban J connectivity index is 2.18. The minimum absolute atomic E-state index is 0.0950. The molecule has 0 aromatic heterocycles. The topological polar surface area (TPSA) is 72.5 Å². The Morgan fingerprint density at radius 1 is 0.857 bits per heavy atom. The summed E-state index contributed by atoms with van der Waals surface area (Å²) in [7, 11) is 5.59. The van der Waals surface area contributed by atoms with Crippen molar-refractivity contribution in [2.45, 2.75) is 13.2 Å². The molecule has 28 heavy (non-hydrogen) atoms. The van der Waals surface area contributed by atoms with Crippen molar-refractivity contribution in [3.63, 3.8) is 0 Å². The second-order valence-corrected chi connectivity index (χ2v) is 5.32. The number of alkyl halides is 2. The summed E-state index contributed by atoms with van der Waals surface area (Å²) < 4.78 is 55.1. The fourth-order valence-corrected chi connectivity index (χ4v) is 2.48. The summed E-state index contributed by atoms with van der Waals surface area (Å²) in [5.74, 6) is 0.145. The maximum atomic E-state index is 12.5. The van der Waals surface area contributed by atoms with E-state index in [1.165, 1.54) is 52.7 Å². The first kappa shape index (κ1) is 21.1. The van der Waals surface area contributed by atoms with Gasteiger partial charge in [-0.2, -0.15) is 8.78 Å². The van der Waals surface area contributed by atoms with E-state index in [0.717, 1.165) is 0 Å². The second kappa shape index (κ2) is 9.63. The van der Waals surface area contributed by atoms with Gasteiger partial charge in [-0.3, -0.25) is 0 Å². The van der Waals surface area contributed by atoms with Crippen LogP contribution in [-0.4, -0.2) is 41.0 Å². The molecule has 0 unspecified atom stereocenters. The van der Waals surface area contributed by atoms with Crippen molar-refractivity contribution in [3.8, 4) is 28.7 Å². The molecule has 0 radical (unpaired) electrons. The average molecular weight is 398 g/mol. The van der Waals surface area contributed by atoms with E-state index in [9.17, 15) is 13.6 Å². The third-order valence-corrected chi connectivity index (χ3v) is 3.74. The van der Waals surface area contributed by atoms with E-state index in [0.29, 0.717) is 11.3 Å². The number of esters is 1. The highest BCUT2D eigenvalue weighted by atomic mass is 19.3. The molecular weight excluding hydrogens is 378 g/mol. The van der Waals surface area contributed by atoms with Crippen LogP contribution < -0.4 is 23.7 Å². The maximum absolute atomic E-state index is 12.5. The predicted octanol–water partition coefficient (Wildman–Crippen LogP) is 3.68. The molecule has 0 atom stereocenters. The Morgan fingerprint density at radius 3 is 2.07 bits per heavy atom. The molecule has 0 bridgehead atoms. The Labute approximate surface area is 160 Å². The first-order valence-electron chi connectivity index (χ1n) is 8.02. The predicted molar refractivity (Wildman–Crippen MR) is 94.8 cm³/mol. The molecule has 0 aliphatic heterocycles. The molecule has 7 nitrogen and oxygen atoms in total. The van der Waals surface area contributed by atoms with Gasteiger partial charge in [0.1, 0.15) is 12.2 Å². The van der Waals surface area contributed by atoms with Crippen molar-refractivity contribution in [1.82, 2.24) is 0 Å². The lowest BCUT2D eigenvalue weighted by molar-refractivity contribution is -0.0512. The zero-order valence-corrected chi connectivity index (χ0v) is 15.8. The molecule has 0 saturated carbocycles. The molecule has 152 valence electrons. The zero-order valence-electron chi connectivity index (χ0n) is 15.8. The van der Waals surface area contributed by atoms with Gasteiger partial charge in [-0.1, -0.05) is 6.07 Å². The highest BCUT2D eigenvalue weighted by Gasteiger charge is 2.22. The van der Waals surface area contributed by atoms with E-state index in [1.54, 1.807) is 6.07 Å². The Kier molecular flexibility index (Phi) is 7.25. The van der Waals surface area contributed by atoms with Crippen LogP contribution in [0.2, 0.25) is 0 Å². The van der Waals surface area contributed by atoms with Gasteiger partial charge in [0, 0.05) is 0 Å². The van der Waals surface area contributed by atoms with E-state index >= 15 is 0 Å². The average Bonchev–Trinajstić information content (AvgIpc) is 2.70. The standard InChI is InChI=1S/C19H20F2O7/c1-23-14-8-6-12(16(25-3)17(14)26-4)18(22)27-10-11-5-7-13(28-19(20)21)15(9-11)24-2/h5-9,19H,10H2,1-4H3. The van der Waals surface area contributed by atoms with Crippen molar-refractivity contribution in [2.75, 3.05) is 28.4 Å². The number of methoxy groups -OCH3 is 4. The number of hydrogen-bond acceptors (Lipinski definition) is 7. The summed E-state index contributed by atoms with van der Waals surface area (Å²) in [4.78, 5) is 12.5. The fraction of sp³-hybridized carbons (Fsp3) is 0.316. The van der Waals surface area contributed by atoms with Gasteiger partial charge in [0.25, 0.3) is 0 Å². The van der Waals surface area contributed by atoms with Gasteiger partial charge in [-0.15, -0.1) is 0 Å². The Bertz CT molecular complexity index is 824. The van der Waals surface area contributed by atoms with Crippen LogP contribution >= 0.6 is 0 Å². The Morgan fingerprint density at radius 2 is 1.50 bits per heavy atom. The molecule has 0 aliphatic rings. The summed E-state index contributed by atoms with van der Waals surface area (Å²) in [5, 5.41) is 0. The normalized spacial score (nSPS) is 10.4. The lowest BCUT2D eigenvalue weighted by Gasteiger charge is -2.15. The summed E-state index contributed by atoms with van der Waals surface area (Å²) in [6, 6.07) is 7.28. The molecule has 2 rings (SSSR count). The van der Waals surface area contributed by atoms with Gasteiger partial charge in [-0.25, -0.2) is 4.79 Å². The van der Waals surface area contributed by atoms with Gasteiger partial charge in [0.15, 0.2) is 23.0 Å². The van der Waals surface area contributed by atoms with Crippen LogP contribution in [0.3, 0.4) is 0 Å². The summed E-state index contributed by atoms with van der Waals surface area (Å²) >= 11 is 0. The van der Waals surface area contributed by atoms with Crippen LogP contribution in [0, 0.1) is 0 Å². The van der Waals surface area contributed by atoms with Gasteiger partial charge < -0.3 is 28.4 Å². The van der Waals surface area contributed by atoms with Crippen LogP contribution in [0.25, 0.3) is 0 Å². The minimum Gasteiger partial charge on any atom is -0.493 e. The van der Waals surface area contributed by atoms with Crippen molar-refractivity contribution < 1.29 is 42.0 Å². The van der Waals surface area contributed by atoms with Crippen LogP contribution in [0.15, 0.2) is 30.3 Å². The monoisotopic (exact) mass is 398 g/mol. The Hall–Kier alpha value is -3.23. The van der Waals surface area contributed by atoms with E-state index < -0.39 is 12.6 Å². The first-order valence-corrected chi connectivity index (χ1v) is 8.02. The smallest absolute Gasteiger partial charge is 0.387 e. The number of benzene rings is 2. The van der Waals surface area contributed by atoms with Crippen molar-refractivity contribution in [2.24, 2.45) is 0 Å². The molecule has 0 spiro atoms. The second-order valence-electron chi connectivity index (χ2n) is 5.32. The third kappa shape index (κ3) is 4.73. The molecular formula is C19H20F2O7. The maximum Gasteiger partial charge on any atom is 0.387 e. The quantitative estimate of drug-likeness (QED) is 0.597. The highest BCUT2D eigenvalue weighted by molar-refractivity contribution is 5.94. The largest absolute Gasteiger partial charge is 0.493 e. The zero-order chi connectivity index (χ0) is 20.7. The number of rotatable bonds is 9. The molecule has 0 amide bonds. The number of carbonyl (C=O) groups is 1. The number of halogens is 2. The molecule has 2 aromatic carbocycles. The van der Waals surface area contributed by atoms with E-state index in [1.807, 2.05) is 0 Å². The molecule has 0 fully saturated rings. The van der Waals surface area contributed by atoms with Crippen molar-refractivity contribution in [1.29, 1.82) is 0 Å². The van der Waals surface area contributed by atoms with Crippen molar-refractivity contribution >= 4 is 5.97 Å². The van der Waals surface area contributed by atoms with Crippen molar-refractivity contribution in [3.05, 3.63) is 41.5 Å². The highest BCUT2D eigenvalue weighted by Crippen LogP contribution is 2.40. The van der Waals surface area contributed by atoms with Crippen LogP contribution in [0.1, 0.15) is 15.9 Å². The van der Waals surface area contributed by atoms with Crippen LogP contribution in [0.5, 0.6) is 28.7 Å². The summed E-state index contributed by atoms with van der Waals surface area (Å²) in [6.45, 7) is -3.10. The van der Waals surface area contributed by atoms with Gasteiger partial charge in [0.2, 0.25) is 5.75 Å². The fourth-order valence-electron chi connectivity index (χ4n) is 2.48. The third-order valence-electron chi connectivity index (χ3n) is 3.74. The van der Waals surface area contributed by atoms with Crippen LogP contribution in [0.4, 0.5) is 8.78 Å². The molecule has 0 heterocycles.